The van der Waals surface area contributed by atoms with E-state index in [1.54, 1.807) is 6.20 Å². The molecule has 1 fully saturated rings. The normalized spacial score (nSPS) is 14.8. The van der Waals surface area contributed by atoms with Crippen molar-refractivity contribution in [3.63, 3.8) is 0 Å². The molecule has 1 aromatic heterocycles. The fourth-order valence-corrected chi connectivity index (χ4v) is 3.77. The maximum absolute atomic E-state index is 13.2. The summed E-state index contributed by atoms with van der Waals surface area (Å²) in [5.41, 5.74) is 3.43. The van der Waals surface area contributed by atoms with Crippen LogP contribution < -0.4 is 5.32 Å². The Hall–Kier alpha value is -2.69. The minimum Gasteiger partial charge on any atom is -0.356 e. The van der Waals surface area contributed by atoms with E-state index in [4.69, 9.17) is 0 Å². The quantitative estimate of drug-likeness (QED) is 0.805. The van der Waals surface area contributed by atoms with Crippen LogP contribution in [0, 0.1) is 18.8 Å². The molecule has 5 heteroatoms. The maximum Gasteiger partial charge on any atom is 0.256 e. The van der Waals surface area contributed by atoms with Crippen LogP contribution in [0.25, 0.3) is 11.3 Å². The lowest BCUT2D eigenvalue weighted by Crippen LogP contribution is -2.43. The summed E-state index contributed by atoms with van der Waals surface area (Å²) < 4.78 is 0. The van der Waals surface area contributed by atoms with Crippen LogP contribution in [-0.2, 0) is 4.79 Å². The minimum atomic E-state index is -0.00461. The van der Waals surface area contributed by atoms with Gasteiger partial charge in [0.15, 0.2) is 0 Å². The van der Waals surface area contributed by atoms with Gasteiger partial charge in [0.2, 0.25) is 5.91 Å². The Morgan fingerprint density at radius 3 is 2.55 bits per heavy atom. The minimum absolute atomic E-state index is 0.00375. The number of pyridine rings is 1. The Kier molecular flexibility index (Phi) is 7.02. The van der Waals surface area contributed by atoms with Gasteiger partial charge in [0.05, 0.1) is 11.3 Å². The second-order valence-corrected chi connectivity index (χ2v) is 8.25. The highest BCUT2D eigenvalue weighted by atomic mass is 16.2. The van der Waals surface area contributed by atoms with E-state index >= 15 is 0 Å². The third kappa shape index (κ3) is 5.22. The van der Waals surface area contributed by atoms with Gasteiger partial charge in [-0.2, -0.15) is 0 Å². The summed E-state index contributed by atoms with van der Waals surface area (Å²) in [7, 11) is 0. The van der Waals surface area contributed by atoms with Crippen molar-refractivity contribution in [1.29, 1.82) is 0 Å². The summed E-state index contributed by atoms with van der Waals surface area (Å²) in [4.78, 5) is 32.0. The number of carbonyl (C=O) groups excluding carboxylic acids is 2. The number of rotatable bonds is 6. The van der Waals surface area contributed by atoms with E-state index in [9.17, 15) is 9.59 Å². The summed E-state index contributed by atoms with van der Waals surface area (Å²) >= 11 is 0. The van der Waals surface area contributed by atoms with Gasteiger partial charge in [0, 0.05) is 37.3 Å². The molecule has 154 valence electrons. The van der Waals surface area contributed by atoms with Crippen LogP contribution in [-0.4, -0.2) is 41.3 Å². The van der Waals surface area contributed by atoms with Crippen molar-refractivity contribution in [2.45, 2.75) is 40.0 Å². The molecule has 5 nitrogen and oxygen atoms in total. The number of hydrogen-bond donors (Lipinski definition) is 1. The van der Waals surface area contributed by atoms with Crippen LogP contribution in [0.5, 0.6) is 0 Å². The summed E-state index contributed by atoms with van der Waals surface area (Å²) in [5.74, 6) is 0.697. The lowest BCUT2D eigenvalue weighted by molar-refractivity contribution is -0.126. The number of nitrogens with one attached hydrogen (secondary N) is 1. The van der Waals surface area contributed by atoms with Gasteiger partial charge < -0.3 is 10.2 Å². The third-order valence-corrected chi connectivity index (χ3v) is 5.61. The highest BCUT2D eigenvalue weighted by Crippen LogP contribution is 2.27. The molecule has 0 atom stereocenters. The number of likely N-dealkylation sites (tertiary alicyclic amines) is 1. The number of hydrogen-bond acceptors (Lipinski definition) is 3. The Morgan fingerprint density at radius 2 is 1.86 bits per heavy atom. The second-order valence-electron chi connectivity index (χ2n) is 8.25. The fourth-order valence-electron chi connectivity index (χ4n) is 3.77. The van der Waals surface area contributed by atoms with Crippen LogP contribution in [0.3, 0.4) is 0 Å². The molecule has 1 N–H and O–H groups in total. The molecule has 2 heterocycles. The fraction of sp³-hybridized carbons (Fsp3) is 0.458. The van der Waals surface area contributed by atoms with Crippen molar-refractivity contribution in [3.05, 3.63) is 53.7 Å². The Labute approximate surface area is 173 Å². The lowest BCUT2D eigenvalue weighted by atomic mass is 9.94. The Balaban J connectivity index is 1.65. The number of benzene rings is 1. The number of amides is 2. The van der Waals surface area contributed by atoms with Crippen LogP contribution in [0.4, 0.5) is 0 Å². The van der Waals surface area contributed by atoms with E-state index in [-0.39, 0.29) is 17.7 Å². The molecule has 0 bridgehead atoms. The smallest absolute Gasteiger partial charge is 0.256 e. The molecule has 0 radical (unpaired) electrons. The number of carbonyl (C=O) groups is 2. The highest BCUT2D eigenvalue weighted by Gasteiger charge is 2.29. The molecule has 1 saturated heterocycles. The van der Waals surface area contributed by atoms with E-state index in [2.05, 4.69) is 24.1 Å². The molecular weight excluding hydrogens is 362 g/mol. The average molecular weight is 394 g/mol. The first kappa shape index (κ1) is 21.0. The van der Waals surface area contributed by atoms with Gasteiger partial charge >= 0.3 is 0 Å². The first-order chi connectivity index (χ1) is 14.0. The van der Waals surface area contributed by atoms with Crippen molar-refractivity contribution in [1.82, 2.24) is 15.2 Å². The van der Waals surface area contributed by atoms with Crippen LogP contribution in [0.15, 0.2) is 42.6 Å². The molecule has 2 aromatic rings. The molecule has 1 aliphatic heterocycles. The maximum atomic E-state index is 13.2. The average Bonchev–Trinajstić information content (AvgIpc) is 2.73. The summed E-state index contributed by atoms with van der Waals surface area (Å²) in [6.07, 6.45) is 4.14. The Bertz CT molecular complexity index is 855. The highest BCUT2D eigenvalue weighted by molar-refractivity contribution is 6.00. The van der Waals surface area contributed by atoms with Crippen molar-refractivity contribution in [2.75, 3.05) is 19.6 Å². The zero-order chi connectivity index (χ0) is 20.8. The zero-order valence-electron chi connectivity index (χ0n) is 17.6. The van der Waals surface area contributed by atoms with Crippen LogP contribution in [0.1, 0.15) is 49.0 Å². The number of nitrogens with zero attached hydrogens (tertiary/aromatic N) is 2. The molecule has 0 aliphatic carbocycles. The molecule has 29 heavy (non-hydrogen) atoms. The van der Waals surface area contributed by atoms with Gasteiger partial charge in [0.1, 0.15) is 0 Å². The molecule has 3 rings (SSSR count). The van der Waals surface area contributed by atoms with E-state index in [1.807, 2.05) is 48.2 Å². The number of piperidine rings is 1. The van der Waals surface area contributed by atoms with Gasteiger partial charge in [-0.05, 0) is 49.8 Å². The number of aryl methyl sites for hydroxylation is 1. The predicted octanol–water partition coefficient (Wildman–Crippen LogP) is 4.07. The zero-order valence-corrected chi connectivity index (χ0v) is 17.6. The van der Waals surface area contributed by atoms with E-state index in [1.165, 1.54) is 0 Å². The largest absolute Gasteiger partial charge is 0.356 e. The van der Waals surface area contributed by atoms with E-state index in [0.29, 0.717) is 37.4 Å². The van der Waals surface area contributed by atoms with Crippen LogP contribution in [0.2, 0.25) is 0 Å². The summed E-state index contributed by atoms with van der Waals surface area (Å²) in [6.45, 7) is 8.26. The standard InChI is InChI=1S/C24H31N3O2/c1-17(2)10-14-26-23(28)19-11-15-27(16-12-19)24(29)21-9-6-13-25-22(21)20-8-5-4-7-18(20)3/h4-9,13,17,19H,10-12,14-16H2,1-3H3,(H,26,28). The topological polar surface area (TPSA) is 62.3 Å². The molecule has 0 saturated carbocycles. The van der Waals surface area contributed by atoms with E-state index in [0.717, 1.165) is 29.8 Å². The first-order valence-corrected chi connectivity index (χ1v) is 10.6. The second kappa shape index (κ2) is 9.68. The van der Waals surface area contributed by atoms with Crippen LogP contribution >= 0.6 is 0 Å². The van der Waals surface area contributed by atoms with Crippen molar-refractivity contribution in [3.8, 4) is 11.3 Å². The van der Waals surface area contributed by atoms with Crippen molar-refractivity contribution in [2.24, 2.45) is 11.8 Å². The molecule has 2 amide bonds. The third-order valence-electron chi connectivity index (χ3n) is 5.61. The molecule has 1 aliphatic rings. The molecule has 1 aromatic carbocycles. The van der Waals surface area contributed by atoms with Crippen molar-refractivity contribution < 1.29 is 9.59 Å². The summed E-state index contributed by atoms with van der Waals surface area (Å²) in [5, 5.41) is 3.04. The molecule has 0 spiro atoms. The lowest BCUT2D eigenvalue weighted by Gasteiger charge is -2.31. The number of aromatic nitrogens is 1. The van der Waals surface area contributed by atoms with Gasteiger partial charge in [-0.1, -0.05) is 38.1 Å². The first-order valence-electron chi connectivity index (χ1n) is 10.6. The molecular formula is C24H31N3O2. The van der Waals surface area contributed by atoms with Crippen molar-refractivity contribution >= 4 is 11.8 Å². The Morgan fingerprint density at radius 1 is 1.14 bits per heavy atom. The van der Waals surface area contributed by atoms with Gasteiger partial charge in [0.25, 0.3) is 5.91 Å². The molecule has 0 unspecified atom stereocenters. The predicted molar refractivity (Wildman–Crippen MR) is 116 cm³/mol. The van der Waals surface area contributed by atoms with Gasteiger partial charge in [-0.25, -0.2) is 0 Å². The monoisotopic (exact) mass is 393 g/mol. The SMILES string of the molecule is Cc1ccccc1-c1ncccc1C(=O)N1CCC(C(=O)NCCC(C)C)CC1. The summed E-state index contributed by atoms with van der Waals surface area (Å²) in [6, 6.07) is 11.6. The van der Waals surface area contributed by atoms with Gasteiger partial charge in [-0.3, -0.25) is 14.6 Å². The van der Waals surface area contributed by atoms with Gasteiger partial charge in [-0.15, -0.1) is 0 Å². The van der Waals surface area contributed by atoms with E-state index < -0.39 is 0 Å².